The normalized spacial score (nSPS) is 19.8. The predicted molar refractivity (Wildman–Crippen MR) is 128 cm³/mol. The van der Waals surface area contributed by atoms with Gasteiger partial charge in [-0.05, 0) is 38.3 Å². The highest BCUT2D eigenvalue weighted by molar-refractivity contribution is 14.0. The molecule has 9 heteroatoms. The summed E-state index contributed by atoms with van der Waals surface area (Å²) >= 11 is 0. The minimum absolute atomic E-state index is 0. The second-order valence-electron chi connectivity index (χ2n) is 7.95. The van der Waals surface area contributed by atoms with Crippen LogP contribution in [-0.2, 0) is 11.2 Å². The largest absolute Gasteiger partial charge is 0.357 e. The van der Waals surface area contributed by atoms with E-state index in [4.69, 9.17) is 4.99 Å². The molecule has 2 aromatic rings. The average molecular weight is 525 g/mol. The molecular weight excluding hydrogens is 493 g/mol. The Labute approximate surface area is 194 Å². The van der Waals surface area contributed by atoms with Crippen molar-refractivity contribution in [1.82, 2.24) is 30.1 Å². The summed E-state index contributed by atoms with van der Waals surface area (Å²) in [5, 5.41) is 15.3. The topological polar surface area (TPSA) is 86.9 Å². The van der Waals surface area contributed by atoms with Crippen molar-refractivity contribution in [2.75, 3.05) is 26.2 Å². The Morgan fingerprint density at radius 2 is 2.07 bits per heavy atom. The van der Waals surface area contributed by atoms with E-state index in [1.165, 1.54) is 12.8 Å². The Morgan fingerprint density at radius 1 is 1.23 bits per heavy atom. The van der Waals surface area contributed by atoms with Gasteiger partial charge in [0.15, 0.2) is 11.6 Å². The molecule has 0 radical (unpaired) electrons. The molecule has 1 saturated carbocycles. The summed E-state index contributed by atoms with van der Waals surface area (Å²) in [7, 11) is 0. The molecule has 0 aromatic carbocycles. The number of amides is 1. The monoisotopic (exact) mass is 525 g/mol. The minimum atomic E-state index is 0. The van der Waals surface area contributed by atoms with Crippen molar-refractivity contribution in [3.63, 3.8) is 0 Å². The van der Waals surface area contributed by atoms with Crippen LogP contribution in [0.3, 0.4) is 0 Å². The number of likely N-dealkylation sites (tertiary alicyclic amines) is 1. The first kappa shape index (κ1) is 22.8. The van der Waals surface area contributed by atoms with Gasteiger partial charge in [-0.3, -0.25) is 14.2 Å². The number of guanidine groups is 1. The number of rotatable bonds is 6. The van der Waals surface area contributed by atoms with Gasteiger partial charge in [0.1, 0.15) is 5.82 Å². The smallest absolute Gasteiger partial charge is 0.225 e. The van der Waals surface area contributed by atoms with Crippen molar-refractivity contribution >= 4 is 41.5 Å². The van der Waals surface area contributed by atoms with Gasteiger partial charge < -0.3 is 15.5 Å². The Bertz CT molecular complexity index is 862. The zero-order valence-electron chi connectivity index (χ0n) is 17.6. The number of carbonyl (C=O) groups excluding carboxylic acids is 1. The lowest BCUT2D eigenvalue weighted by molar-refractivity contribution is -0.134. The average Bonchev–Trinajstić information content (AvgIpc) is 3.49. The summed E-state index contributed by atoms with van der Waals surface area (Å²) in [5.41, 5.74) is 0.856. The van der Waals surface area contributed by atoms with Crippen molar-refractivity contribution in [2.24, 2.45) is 10.9 Å². The third kappa shape index (κ3) is 5.41. The maximum atomic E-state index is 12.7. The Balaban J connectivity index is 0.00000256. The van der Waals surface area contributed by atoms with Crippen LogP contribution in [0.1, 0.15) is 44.9 Å². The zero-order chi connectivity index (χ0) is 20.1. The number of aliphatic imine (C=N–C) groups is 1. The molecule has 1 saturated heterocycles. The number of carbonyl (C=O) groups is 1. The molecule has 2 N–H and O–H groups in total. The molecule has 2 aromatic heterocycles. The molecule has 8 nitrogen and oxygen atoms in total. The fourth-order valence-corrected chi connectivity index (χ4v) is 4.35. The van der Waals surface area contributed by atoms with Gasteiger partial charge in [-0.25, -0.2) is 0 Å². The molecular formula is C21H32IN7O. The first-order chi connectivity index (χ1) is 14.2. The Hall–Kier alpha value is -1.91. The number of halogens is 1. The summed E-state index contributed by atoms with van der Waals surface area (Å²) in [6.07, 6.45) is 8.20. The van der Waals surface area contributed by atoms with Gasteiger partial charge in [-0.2, -0.15) is 0 Å². The molecule has 4 rings (SSSR count). The van der Waals surface area contributed by atoms with Gasteiger partial charge in [-0.1, -0.05) is 18.9 Å². The van der Waals surface area contributed by atoms with Gasteiger partial charge in [0.2, 0.25) is 5.91 Å². The SMILES string of the molecule is CCNC(=NCCc1nnc2ccccn12)NC1CCN(C(=O)C2CCCC2)C1.I. The molecule has 2 fully saturated rings. The van der Waals surface area contributed by atoms with Gasteiger partial charge in [0.25, 0.3) is 0 Å². The number of pyridine rings is 1. The Kier molecular flexibility index (Phi) is 8.29. The van der Waals surface area contributed by atoms with E-state index in [1.54, 1.807) is 0 Å². The van der Waals surface area contributed by atoms with E-state index in [1.807, 2.05) is 33.7 Å². The first-order valence-electron chi connectivity index (χ1n) is 10.9. The van der Waals surface area contributed by atoms with E-state index in [9.17, 15) is 4.79 Å². The number of fused-ring (bicyclic) bond motifs is 1. The fraction of sp³-hybridized carbons (Fsp3) is 0.619. The van der Waals surface area contributed by atoms with Crippen LogP contribution in [0.5, 0.6) is 0 Å². The fourth-order valence-electron chi connectivity index (χ4n) is 4.35. The number of hydrogen-bond acceptors (Lipinski definition) is 4. The van der Waals surface area contributed by atoms with E-state index in [-0.39, 0.29) is 35.9 Å². The molecule has 2 aliphatic rings. The highest BCUT2D eigenvalue weighted by Crippen LogP contribution is 2.27. The van der Waals surface area contributed by atoms with Gasteiger partial charge >= 0.3 is 0 Å². The molecule has 3 heterocycles. The molecule has 1 aliphatic heterocycles. The third-order valence-corrected chi connectivity index (χ3v) is 5.88. The van der Waals surface area contributed by atoms with Crippen molar-refractivity contribution in [2.45, 2.75) is 51.5 Å². The van der Waals surface area contributed by atoms with Crippen LogP contribution in [0.25, 0.3) is 5.65 Å². The lowest BCUT2D eigenvalue weighted by Crippen LogP contribution is -2.45. The van der Waals surface area contributed by atoms with Crippen molar-refractivity contribution in [3.8, 4) is 0 Å². The molecule has 1 atom stereocenters. The van der Waals surface area contributed by atoms with Crippen molar-refractivity contribution < 1.29 is 4.79 Å². The molecule has 1 aliphatic carbocycles. The van der Waals surface area contributed by atoms with E-state index < -0.39 is 0 Å². The highest BCUT2D eigenvalue weighted by Gasteiger charge is 2.32. The minimum Gasteiger partial charge on any atom is -0.357 e. The van der Waals surface area contributed by atoms with Crippen LogP contribution in [0, 0.1) is 5.92 Å². The van der Waals surface area contributed by atoms with E-state index >= 15 is 0 Å². The zero-order valence-corrected chi connectivity index (χ0v) is 19.9. The van der Waals surface area contributed by atoms with Crippen molar-refractivity contribution in [1.29, 1.82) is 0 Å². The summed E-state index contributed by atoms with van der Waals surface area (Å²) in [6.45, 7) is 5.11. The van der Waals surface area contributed by atoms with E-state index in [0.29, 0.717) is 12.5 Å². The predicted octanol–water partition coefficient (Wildman–Crippen LogP) is 2.24. The lowest BCUT2D eigenvalue weighted by atomic mass is 10.1. The number of aromatic nitrogens is 3. The Morgan fingerprint density at radius 3 is 2.87 bits per heavy atom. The van der Waals surface area contributed by atoms with Crippen LogP contribution >= 0.6 is 24.0 Å². The van der Waals surface area contributed by atoms with Gasteiger partial charge in [0.05, 0.1) is 0 Å². The van der Waals surface area contributed by atoms with Crippen molar-refractivity contribution in [3.05, 3.63) is 30.2 Å². The summed E-state index contributed by atoms with van der Waals surface area (Å²) in [6, 6.07) is 6.14. The summed E-state index contributed by atoms with van der Waals surface area (Å²) in [4.78, 5) is 19.4. The first-order valence-corrected chi connectivity index (χ1v) is 10.9. The molecule has 1 unspecified atom stereocenters. The molecule has 30 heavy (non-hydrogen) atoms. The molecule has 164 valence electrons. The number of nitrogens with one attached hydrogen (secondary N) is 2. The van der Waals surface area contributed by atoms with E-state index in [0.717, 1.165) is 62.7 Å². The second-order valence-corrected chi connectivity index (χ2v) is 7.95. The van der Waals surface area contributed by atoms with Crippen LogP contribution in [0.4, 0.5) is 0 Å². The van der Waals surface area contributed by atoms with Crippen LogP contribution in [0.2, 0.25) is 0 Å². The third-order valence-electron chi connectivity index (χ3n) is 5.88. The molecule has 1 amide bonds. The van der Waals surface area contributed by atoms with Gasteiger partial charge in [0, 0.05) is 50.8 Å². The second kappa shape index (κ2) is 10.9. The van der Waals surface area contributed by atoms with Crippen LogP contribution < -0.4 is 10.6 Å². The lowest BCUT2D eigenvalue weighted by Gasteiger charge is -2.21. The van der Waals surface area contributed by atoms with Crippen LogP contribution in [-0.4, -0.2) is 63.6 Å². The summed E-state index contributed by atoms with van der Waals surface area (Å²) < 4.78 is 2.00. The van der Waals surface area contributed by atoms with E-state index in [2.05, 4.69) is 27.8 Å². The quantitative estimate of drug-likeness (QED) is 0.343. The standard InChI is InChI=1S/C21H31N7O.HI/c1-2-22-21(23-12-10-19-26-25-18-9-5-6-13-28(18)19)24-17-11-14-27(15-17)20(29)16-7-3-4-8-16;/h5-6,9,13,16-17H,2-4,7-8,10-12,14-15H2,1H3,(H2,22,23,24);1H. The van der Waals surface area contributed by atoms with Gasteiger partial charge in [-0.15, -0.1) is 34.2 Å². The maximum absolute atomic E-state index is 12.7. The number of hydrogen-bond donors (Lipinski definition) is 2. The number of nitrogens with zero attached hydrogens (tertiary/aromatic N) is 5. The maximum Gasteiger partial charge on any atom is 0.225 e. The molecule has 0 spiro atoms. The molecule has 0 bridgehead atoms. The summed E-state index contributed by atoms with van der Waals surface area (Å²) in [5.74, 6) is 2.33. The van der Waals surface area contributed by atoms with Crippen LogP contribution in [0.15, 0.2) is 29.4 Å². The highest BCUT2D eigenvalue weighted by atomic mass is 127.